The van der Waals surface area contributed by atoms with Crippen LogP contribution in [0, 0.1) is 0 Å². The first-order valence-electron chi connectivity index (χ1n) is 7.26. The molecule has 1 atom stereocenters. The Hall–Kier alpha value is -2.62. The average molecular weight is 294 g/mol. The van der Waals surface area contributed by atoms with Crippen LogP contribution in [0.15, 0.2) is 61.1 Å². The van der Waals surface area contributed by atoms with Crippen molar-refractivity contribution in [2.75, 3.05) is 7.11 Å². The van der Waals surface area contributed by atoms with Gasteiger partial charge < -0.3 is 9.64 Å². The summed E-state index contributed by atoms with van der Waals surface area (Å²) in [4.78, 5) is 18.1. The van der Waals surface area contributed by atoms with E-state index in [9.17, 15) is 4.79 Å². The van der Waals surface area contributed by atoms with Crippen molar-refractivity contribution in [2.24, 2.45) is 0 Å². The maximum Gasteiger partial charge on any atom is 0.159 e. The molecule has 2 heterocycles. The molecule has 0 saturated carbocycles. The van der Waals surface area contributed by atoms with Crippen molar-refractivity contribution in [3.05, 3.63) is 72.2 Å². The van der Waals surface area contributed by atoms with Crippen LogP contribution in [0.3, 0.4) is 0 Å². The van der Waals surface area contributed by atoms with Gasteiger partial charge in [-0.05, 0) is 35.4 Å². The fourth-order valence-electron chi connectivity index (χ4n) is 2.65. The van der Waals surface area contributed by atoms with Gasteiger partial charge in [0.25, 0.3) is 0 Å². The normalized spacial score (nSPS) is 17.6. The average Bonchev–Trinajstić information content (AvgIpc) is 2.58. The van der Waals surface area contributed by atoms with Crippen LogP contribution in [0.25, 0.3) is 0 Å². The number of rotatable bonds is 4. The molecule has 0 amide bonds. The van der Waals surface area contributed by atoms with Gasteiger partial charge in [-0.3, -0.25) is 9.78 Å². The van der Waals surface area contributed by atoms with Crippen LogP contribution in [-0.2, 0) is 11.3 Å². The summed E-state index contributed by atoms with van der Waals surface area (Å²) in [6.07, 6.45) is 7.60. The molecular formula is C18H18N2O2. The Kier molecular flexibility index (Phi) is 4.19. The molecule has 1 unspecified atom stereocenters. The first-order chi connectivity index (χ1) is 10.8. The van der Waals surface area contributed by atoms with Gasteiger partial charge in [0.15, 0.2) is 5.78 Å². The maximum absolute atomic E-state index is 11.8. The number of carbonyl (C=O) groups excluding carboxylic acids is 1. The standard InChI is InChI=1S/C18H18N2O2/c1-22-17-6-4-14(5-7-17)13-20-10-8-16(21)11-18(20)15-3-2-9-19-12-15/h2-10,12,18H,11,13H2,1H3. The second-order valence-electron chi connectivity index (χ2n) is 5.31. The van der Waals surface area contributed by atoms with Gasteiger partial charge in [0.1, 0.15) is 5.75 Å². The smallest absolute Gasteiger partial charge is 0.159 e. The molecule has 4 heteroatoms. The lowest BCUT2D eigenvalue weighted by Gasteiger charge is -2.33. The number of pyridine rings is 1. The van der Waals surface area contributed by atoms with E-state index in [-0.39, 0.29) is 11.8 Å². The Bertz CT molecular complexity index is 665. The number of aromatic nitrogens is 1. The number of nitrogens with zero attached hydrogens (tertiary/aromatic N) is 2. The summed E-state index contributed by atoms with van der Waals surface area (Å²) in [7, 11) is 1.66. The second kappa shape index (κ2) is 6.43. The molecular weight excluding hydrogens is 276 g/mol. The van der Waals surface area contributed by atoms with Crippen LogP contribution in [-0.4, -0.2) is 22.8 Å². The van der Waals surface area contributed by atoms with Gasteiger partial charge in [-0.2, -0.15) is 0 Å². The fourth-order valence-corrected chi connectivity index (χ4v) is 2.65. The van der Waals surface area contributed by atoms with Crippen molar-refractivity contribution in [3.8, 4) is 5.75 Å². The van der Waals surface area contributed by atoms with Crippen LogP contribution in [0.5, 0.6) is 5.75 Å². The van der Waals surface area contributed by atoms with Gasteiger partial charge in [0, 0.05) is 31.6 Å². The number of benzene rings is 1. The summed E-state index contributed by atoms with van der Waals surface area (Å²) < 4.78 is 5.18. The third kappa shape index (κ3) is 3.17. The largest absolute Gasteiger partial charge is 0.497 e. The summed E-state index contributed by atoms with van der Waals surface area (Å²) in [6.45, 7) is 0.743. The number of methoxy groups -OCH3 is 1. The number of hydrogen-bond donors (Lipinski definition) is 0. The molecule has 0 spiro atoms. The highest BCUT2D eigenvalue weighted by Crippen LogP contribution is 2.29. The summed E-state index contributed by atoms with van der Waals surface area (Å²) in [5.41, 5.74) is 2.24. The molecule has 0 fully saturated rings. The monoisotopic (exact) mass is 294 g/mol. The van der Waals surface area contributed by atoms with E-state index in [0.717, 1.165) is 17.9 Å². The number of carbonyl (C=O) groups is 1. The lowest BCUT2D eigenvalue weighted by atomic mass is 9.98. The van der Waals surface area contributed by atoms with Crippen molar-refractivity contribution in [3.63, 3.8) is 0 Å². The predicted octanol–water partition coefficient (Wildman–Crippen LogP) is 3.12. The molecule has 22 heavy (non-hydrogen) atoms. The minimum atomic E-state index is 0.0355. The summed E-state index contributed by atoms with van der Waals surface area (Å²) in [6, 6.07) is 12.0. The molecule has 3 rings (SSSR count). The van der Waals surface area contributed by atoms with E-state index < -0.39 is 0 Å². The topological polar surface area (TPSA) is 42.4 Å². The summed E-state index contributed by atoms with van der Waals surface area (Å²) >= 11 is 0. The van der Waals surface area contributed by atoms with Crippen molar-refractivity contribution in [1.29, 1.82) is 0 Å². The number of ketones is 1. The molecule has 0 saturated heterocycles. The Morgan fingerprint density at radius 3 is 2.77 bits per heavy atom. The van der Waals surface area contributed by atoms with Gasteiger partial charge >= 0.3 is 0 Å². The highest BCUT2D eigenvalue weighted by molar-refractivity contribution is 5.90. The SMILES string of the molecule is COc1ccc(CN2C=CC(=O)CC2c2cccnc2)cc1. The Morgan fingerprint density at radius 2 is 2.09 bits per heavy atom. The summed E-state index contributed by atoms with van der Waals surface area (Å²) in [5.74, 6) is 0.997. The molecule has 1 aliphatic heterocycles. The first-order valence-corrected chi connectivity index (χ1v) is 7.26. The van der Waals surface area contributed by atoms with Crippen LogP contribution in [0.4, 0.5) is 0 Å². The van der Waals surface area contributed by atoms with Crippen molar-refractivity contribution < 1.29 is 9.53 Å². The molecule has 1 aliphatic rings. The Morgan fingerprint density at radius 1 is 1.27 bits per heavy atom. The van der Waals surface area contributed by atoms with E-state index in [1.54, 1.807) is 19.4 Å². The van der Waals surface area contributed by atoms with Gasteiger partial charge in [-0.25, -0.2) is 0 Å². The minimum Gasteiger partial charge on any atom is -0.497 e. The van der Waals surface area contributed by atoms with Crippen LogP contribution in [0.2, 0.25) is 0 Å². The Labute approximate surface area is 130 Å². The highest BCUT2D eigenvalue weighted by atomic mass is 16.5. The molecule has 0 radical (unpaired) electrons. The molecule has 1 aromatic heterocycles. The highest BCUT2D eigenvalue weighted by Gasteiger charge is 2.24. The molecule has 0 aliphatic carbocycles. The fraction of sp³-hybridized carbons (Fsp3) is 0.222. The third-order valence-electron chi connectivity index (χ3n) is 3.84. The van der Waals surface area contributed by atoms with Crippen molar-refractivity contribution in [1.82, 2.24) is 9.88 Å². The quantitative estimate of drug-likeness (QED) is 0.869. The molecule has 2 aromatic rings. The predicted molar refractivity (Wildman–Crippen MR) is 84.3 cm³/mol. The van der Waals surface area contributed by atoms with E-state index in [4.69, 9.17) is 4.74 Å². The molecule has 112 valence electrons. The van der Waals surface area contributed by atoms with E-state index in [0.29, 0.717) is 6.42 Å². The van der Waals surface area contributed by atoms with Gasteiger partial charge in [0.2, 0.25) is 0 Å². The van der Waals surface area contributed by atoms with E-state index in [2.05, 4.69) is 9.88 Å². The van der Waals surface area contributed by atoms with Gasteiger partial charge in [0.05, 0.1) is 13.2 Å². The van der Waals surface area contributed by atoms with Gasteiger partial charge in [-0.1, -0.05) is 18.2 Å². The van der Waals surface area contributed by atoms with E-state index >= 15 is 0 Å². The zero-order chi connectivity index (χ0) is 15.4. The zero-order valence-electron chi connectivity index (χ0n) is 12.5. The van der Waals surface area contributed by atoms with E-state index in [1.807, 2.05) is 48.8 Å². The van der Waals surface area contributed by atoms with Crippen molar-refractivity contribution in [2.45, 2.75) is 19.0 Å². The third-order valence-corrected chi connectivity index (χ3v) is 3.84. The van der Waals surface area contributed by atoms with Crippen LogP contribution in [0.1, 0.15) is 23.6 Å². The maximum atomic E-state index is 11.8. The van der Waals surface area contributed by atoms with Crippen LogP contribution < -0.4 is 4.74 Å². The van der Waals surface area contributed by atoms with Crippen LogP contribution >= 0.6 is 0 Å². The molecule has 1 aromatic carbocycles. The molecule has 0 N–H and O–H groups in total. The van der Waals surface area contributed by atoms with E-state index in [1.165, 1.54) is 5.56 Å². The van der Waals surface area contributed by atoms with Gasteiger partial charge in [-0.15, -0.1) is 0 Å². The molecule has 4 nitrogen and oxygen atoms in total. The minimum absolute atomic E-state index is 0.0355. The number of hydrogen-bond acceptors (Lipinski definition) is 4. The molecule has 0 bridgehead atoms. The lowest BCUT2D eigenvalue weighted by Crippen LogP contribution is -2.28. The number of allylic oxidation sites excluding steroid dienone is 1. The van der Waals surface area contributed by atoms with Crippen molar-refractivity contribution >= 4 is 5.78 Å². The first kappa shape index (κ1) is 14.3. The number of ether oxygens (including phenoxy) is 1. The lowest BCUT2D eigenvalue weighted by molar-refractivity contribution is -0.116. The zero-order valence-corrected chi connectivity index (χ0v) is 12.5. The second-order valence-corrected chi connectivity index (χ2v) is 5.31. The summed E-state index contributed by atoms with van der Waals surface area (Å²) in [5, 5.41) is 0. The Balaban J connectivity index is 1.82.